The molecule has 0 spiro atoms. The van der Waals surface area contributed by atoms with Gasteiger partial charge >= 0.3 is 0 Å². The summed E-state index contributed by atoms with van der Waals surface area (Å²) in [6, 6.07) is 0. The molecule has 4 N–H and O–H groups in total. The van der Waals surface area contributed by atoms with E-state index >= 15 is 0 Å². The van der Waals surface area contributed by atoms with E-state index < -0.39 is 0 Å². The zero-order valence-corrected chi connectivity index (χ0v) is 11.9. The molecular weight excluding hydrogens is 272 g/mol. The summed E-state index contributed by atoms with van der Waals surface area (Å²) in [5.41, 5.74) is 0. The molecule has 0 radical (unpaired) electrons. The number of aliphatic hydroxyl groups is 4. The Morgan fingerprint density at radius 1 is 0.350 bits per heavy atom. The van der Waals surface area contributed by atoms with Gasteiger partial charge in [-0.1, -0.05) is 0 Å². The number of hydrogen-bond donors (Lipinski definition) is 4. The molecular formula is C12H28O8. The van der Waals surface area contributed by atoms with Gasteiger partial charge in [0.2, 0.25) is 0 Å². The first-order chi connectivity index (χ1) is 9.83. The van der Waals surface area contributed by atoms with E-state index in [0.717, 1.165) is 0 Å². The molecule has 0 aromatic rings. The van der Waals surface area contributed by atoms with Crippen molar-refractivity contribution < 1.29 is 39.4 Å². The second kappa shape index (κ2) is 23.7. The Morgan fingerprint density at radius 2 is 0.550 bits per heavy atom. The number of ether oxygens (including phenoxy) is 4. The van der Waals surface area contributed by atoms with Crippen molar-refractivity contribution in [1.29, 1.82) is 0 Å². The Kier molecular flexibility index (Phi) is 26.1. The van der Waals surface area contributed by atoms with E-state index in [-0.39, 0.29) is 26.4 Å². The van der Waals surface area contributed by atoms with Gasteiger partial charge in [-0.05, 0) is 0 Å². The third-order valence-electron chi connectivity index (χ3n) is 1.69. The highest BCUT2D eigenvalue weighted by Crippen LogP contribution is 1.77. The summed E-state index contributed by atoms with van der Waals surface area (Å²) in [5, 5.41) is 33.1. The van der Waals surface area contributed by atoms with E-state index in [1.807, 2.05) is 0 Å². The molecule has 124 valence electrons. The molecule has 0 aromatic carbocycles. The van der Waals surface area contributed by atoms with Gasteiger partial charge in [0.1, 0.15) is 0 Å². The van der Waals surface area contributed by atoms with Crippen LogP contribution in [-0.2, 0) is 18.9 Å². The van der Waals surface area contributed by atoms with E-state index in [0.29, 0.717) is 52.9 Å². The molecule has 0 aliphatic rings. The standard InChI is InChI=1S/2C6H14O4/c2*7-1-3-9-5-6-10-4-2-8/h2*7-8H,1-6H2. The summed E-state index contributed by atoms with van der Waals surface area (Å²) in [5.74, 6) is 0. The first-order valence-corrected chi connectivity index (χ1v) is 6.57. The van der Waals surface area contributed by atoms with Crippen molar-refractivity contribution in [3.8, 4) is 0 Å². The van der Waals surface area contributed by atoms with Crippen LogP contribution in [0.1, 0.15) is 0 Å². The van der Waals surface area contributed by atoms with Crippen LogP contribution in [0.4, 0.5) is 0 Å². The van der Waals surface area contributed by atoms with Gasteiger partial charge in [0.15, 0.2) is 0 Å². The maximum Gasteiger partial charge on any atom is 0.0701 e. The normalized spacial score (nSPS) is 10.2. The molecule has 8 heteroatoms. The highest BCUT2D eigenvalue weighted by molar-refractivity contribution is 4.31. The van der Waals surface area contributed by atoms with Gasteiger partial charge in [-0.25, -0.2) is 0 Å². The van der Waals surface area contributed by atoms with Crippen LogP contribution >= 0.6 is 0 Å². The average molecular weight is 300 g/mol. The van der Waals surface area contributed by atoms with E-state index in [9.17, 15) is 0 Å². The predicted octanol–water partition coefficient (Wildman–Crippen LogP) is -1.99. The monoisotopic (exact) mass is 300 g/mol. The first-order valence-electron chi connectivity index (χ1n) is 6.57. The third-order valence-corrected chi connectivity index (χ3v) is 1.69. The summed E-state index contributed by atoms with van der Waals surface area (Å²) in [4.78, 5) is 0. The molecule has 0 atom stereocenters. The molecule has 8 nitrogen and oxygen atoms in total. The Labute approximate surface area is 119 Å². The van der Waals surface area contributed by atoms with E-state index in [1.165, 1.54) is 0 Å². The topological polar surface area (TPSA) is 118 Å². The highest BCUT2D eigenvalue weighted by atomic mass is 16.5. The fourth-order valence-electron chi connectivity index (χ4n) is 0.902. The molecule has 0 aliphatic heterocycles. The van der Waals surface area contributed by atoms with Crippen LogP contribution < -0.4 is 0 Å². The highest BCUT2D eigenvalue weighted by Gasteiger charge is 1.87. The lowest BCUT2D eigenvalue weighted by atomic mass is 10.7. The smallest absolute Gasteiger partial charge is 0.0701 e. The van der Waals surface area contributed by atoms with Crippen LogP contribution in [0.2, 0.25) is 0 Å². The first kappa shape index (κ1) is 22.0. The summed E-state index contributed by atoms with van der Waals surface area (Å²) in [6.45, 7) is 3.46. The fraction of sp³-hybridized carbons (Fsp3) is 1.00. The zero-order valence-electron chi connectivity index (χ0n) is 11.9. The molecule has 0 aliphatic carbocycles. The van der Waals surface area contributed by atoms with E-state index in [2.05, 4.69) is 0 Å². The van der Waals surface area contributed by atoms with Crippen molar-refractivity contribution in [2.24, 2.45) is 0 Å². The minimum atomic E-state index is 0.0417. The molecule has 20 heavy (non-hydrogen) atoms. The van der Waals surface area contributed by atoms with Gasteiger partial charge in [-0.15, -0.1) is 0 Å². The molecule has 0 aromatic heterocycles. The lowest BCUT2D eigenvalue weighted by Gasteiger charge is -2.01. The van der Waals surface area contributed by atoms with E-state index in [1.54, 1.807) is 0 Å². The summed E-state index contributed by atoms with van der Waals surface area (Å²) in [6.07, 6.45) is 0. The van der Waals surface area contributed by atoms with Crippen LogP contribution in [0.25, 0.3) is 0 Å². The Bertz CT molecular complexity index is 115. The molecule has 0 heterocycles. The van der Waals surface area contributed by atoms with Crippen molar-refractivity contribution in [2.75, 3.05) is 79.3 Å². The summed E-state index contributed by atoms with van der Waals surface area (Å²) < 4.78 is 19.5. The number of rotatable bonds is 14. The molecule has 0 bridgehead atoms. The summed E-state index contributed by atoms with van der Waals surface area (Å²) >= 11 is 0. The molecule has 0 fully saturated rings. The van der Waals surface area contributed by atoms with Crippen molar-refractivity contribution in [3.05, 3.63) is 0 Å². The van der Waals surface area contributed by atoms with Crippen molar-refractivity contribution in [1.82, 2.24) is 0 Å². The largest absolute Gasteiger partial charge is 0.394 e. The molecule has 0 amide bonds. The molecule has 0 saturated carbocycles. The van der Waals surface area contributed by atoms with Crippen molar-refractivity contribution in [2.45, 2.75) is 0 Å². The lowest BCUT2D eigenvalue weighted by molar-refractivity contribution is 0.0222. The van der Waals surface area contributed by atoms with Crippen LogP contribution in [0.3, 0.4) is 0 Å². The fourth-order valence-corrected chi connectivity index (χ4v) is 0.902. The van der Waals surface area contributed by atoms with Crippen LogP contribution in [-0.4, -0.2) is 99.7 Å². The van der Waals surface area contributed by atoms with Crippen molar-refractivity contribution >= 4 is 0 Å². The quantitative estimate of drug-likeness (QED) is 0.272. The van der Waals surface area contributed by atoms with Crippen LogP contribution in [0.15, 0.2) is 0 Å². The van der Waals surface area contributed by atoms with Gasteiger partial charge in [0.25, 0.3) is 0 Å². The van der Waals surface area contributed by atoms with Gasteiger partial charge < -0.3 is 39.4 Å². The minimum Gasteiger partial charge on any atom is -0.394 e. The third kappa shape index (κ3) is 26.3. The van der Waals surface area contributed by atoms with Gasteiger partial charge in [0, 0.05) is 0 Å². The minimum absolute atomic E-state index is 0.0417. The Balaban J connectivity index is 0. The van der Waals surface area contributed by atoms with E-state index in [4.69, 9.17) is 39.4 Å². The predicted molar refractivity (Wildman–Crippen MR) is 71.6 cm³/mol. The molecule has 0 saturated heterocycles. The van der Waals surface area contributed by atoms with Crippen LogP contribution in [0.5, 0.6) is 0 Å². The van der Waals surface area contributed by atoms with Gasteiger partial charge in [-0.2, -0.15) is 0 Å². The maximum absolute atomic E-state index is 8.26. The Morgan fingerprint density at radius 3 is 0.700 bits per heavy atom. The van der Waals surface area contributed by atoms with Crippen LogP contribution in [0, 0.1) is 0 Å². The molecule has 0 unspecified atom stereocenters. The maximum atomic E-state index is 8.26. The average Bonchev–Trinajstić information content (AvgIpc) is 2.47. The lowest BCUT2D eigenvalue weighted by Crippen LogP contribution is -2.09. The zero-order chi connectivity index (χ0) is 15.3. The second-order valence-electron chi connectivity index (χ2n) is 3.34. The molecule has 0 rings (SSSR count). The van der Waals surface area contributed by atoms with Crippen molar-refractivity contribution in [3.63, 3.8) is 0 Å². The number of aliphatic hydroxyl groups excluding tert-OH is 4. The van der Waals surface area contributed by atoms with Gasteiger partial charge in [0.05, 0.1) is 79.3 Å². The second-order valence-corrected chi connectivity index (χ2v) is 3.34. The Hall–Kier alpha value is -0.320. The SMILES string of the molecule is OCCOCCOCCO.OCCOCCOCCO. The number of hydrogen-bond acceptors (Lipinski definition) is 8. The summed E-state index contributed by atoms with van der Waals surface area (Å²) in [7, 11) is 0. The van der Waals surface area contributed by atoms with Gasteiger partial charge in [-0.3, -0.25) is 0 Å².